The van der Waals surface area contributed by atoms with Crippen molar-refractivity contribution >= 4 is 21.6 Å². The molecular weight excluding hydrogens is 337 g/mol. The monoisotopic (exact) mass is 347 g/mol. The van der Waals surface area contributed by atoms with Crippen molar-refractivity contribution in [3.05, 3.63) is 64.2 Å². The molecule has 4 nitrogen and oxygen atoms in total. The summed E-state index contributed by atoms with van der Waals surface area (Å²) >= 11 is 3.14. The Bertz CT molecular complexity index is 771. The molecule has 0 bridgehead atoms. The van der Waals surface area contributed by atoms with Gasteiger partial charge in [-0.25, -0.2) is 4.39 Å². The molecule has 0 amide bonds. The van der Waals surface area contributed by atoms with Gasteiger partial charge in [0.05, 0.1) is 10.9 Å². The van der Waals surface area contributed by atoms with Crippen LogP contribution >= 0.6 is 15.9 Å². The Hall–Kier alpha value is -2.21. The van der Waals surface area contributed by atoms with E-state index >= 15 is 0 Å². The predicted molar refractivity (Wildman–Crippen MR) is 81.1 cm³/mol. The van der Waals surface area contributed by atoms with Crippen LogP contribution in [-0.4, -0.2) is 10.1 Å². The van der Waals surface area contributed by atoms with Gasteiger partial charge in [-0.15, -0.1) is 0 Å². The first-order valence-electron chi connectivity index (χ1n) is 6.24. The second-order valence-electron chi connectivity index (χ2n) is 4.56. The third-order valence-corrected chi connectivity index (χ3v) is 3.59. The molecule has 2 N–H and O–H groups in total. The van der Waals surface area contributed by atoms with E-state index in [1.165, 1.54) is 6.07 Å². The lowest BCUT2D eigenvalue weighted by atomic mass is 10.1. The molecule has 0 aliphatic heterocycles. The number of nitrogen functional groups attached to an aromatic ring is 1. The number of nitrogens with two attached hydrogens (primary N) is 1. The minimum atomic E-state index is -0.329. The van der Waals surface area contributed by atoms with E-state index in [1.54, 1.807) is 12.1 Å². The average molecular weight is 348 g/mol. The number of hydrogen-bond acceptors (Lipinski definition) is 4. The minimum Gasteiger partial charge on any atom is -0.399 e. The van der Waals surface area contributed by atoms with Gasteiger partial charge in [-0.05, 0) is 51.8 Å². The highest BCUT2D eigenvalue weighted by Gasteiger charge is 2.11. The lowest BCUT2D eigenvalue weighted by Gasteiger charge is -1.97. The smallest absolute Gasteiger partial charge is 0.231 e. The van der Waals surface area contributed by atoms with Gasteiger partial charge >= 0.3 is 0 Å². The van der Waals surface area contributed by atoms with Gasteiger partial charge in [-0.3, -0.25) is 0 Å². The molecule has 106 valence electrons. The maximum atomic E-state index is 13.2. The SMILES string of the molecule is Nc1ccc(Cc2nc(-c3ccc(F)c(Br)c3)no2)cc1. The molecule has 21 heavy (non-hydrogen) atoms. The number of aromatic nitrogens is 2. The van der Waals surface area contributed by atoms with Crippen LogP contribution in [0.25, 0.3) is 11.4 Å². The van der Waals surface area contributed by atoms with Gasteiger partial charge in [0.2, 0.25) is 11.7 Å². The topological polar surface area (TPSA) is 64.9 Å². The largest absolute Gasteiger partial charge is 0.399 e. The summed E-state index contributed by atoms with van der Waals surface area (Å²) in [7, 11) is 0. The molecule has 1 aromatic heterocycles. The lowest BCUT2D eigenvalue weighted by Crippen LogP contribution is -1.90. The van der Waals surface area contributed by atoms with E-state index in [9.17, 15) is 4.39 Å². The van der Waals surface area contributed by atoms with Gasteiger partial charge < -0.3 is 10.3 Å². The van der Waals surface area contributed by atoms with Gasteiger partial charge in [0.25, 0.3) is 0 Å². The van der Waals surface area contributed by atoms with E-state index < -0.39 is 0 Å². The molecule has 6 heteroatoms. The van der Waals surface area contributed by atoms with Crippen molar-refractivity contribution in [3.8, 4) is 11.4 Å². The molecule has 0 spiro atoms. The van der Waals surface area contributed by atoms with E-state index in [-0.39, 0.29) is 5.82 Å². The molecule has 3 rings (SSSR count). The van der Waals surface area contributed by atoms with Crippen LogP contribution in [-0.2, 0) is 6.42 Å². The third kappa shape index (κ3) is 3.11. The zero-order valence-electron chi connectivity index (χ0n) is 10.9. The second-order valence-corrected chi connectivity index (χ2v) is 5.41. The van der Waals surface area contributed by atoms with Crippen molar-refractivity contribution < 1.29 is 8.91 Å². The molecule has 0 saturated heterocycles. The standard InChI is InChI=1S/C15H11BrFN3O/c16-12-8-10(3-6-13(12)17)15-19-14(21-20-15)7-9-1-4-11(18)5-2-9/h1-6,8H,7,18H2. The van der Waals surface area contributed by atoms with Crippen LogP contribution in [0.2, 0.25) is 0 Å². The molecule has 3 aromatic rings. The molecule has 2 aromatic carbocycles. The summed E-state index contributed by atoms with van der Waals surface area (Å²) in [5.74, 6) is 0.598. The number of benzene rings is 2. The molecule has 0 radical (unpaired) electrons. The van der Waals surface area contributed by atoms with E-state index in [2.05, 4.69) is 26.1 Å². The zero-order chi connectivity index (χ0) is 14.8. The van der Waals surface area contributed by atoms with Crippen molar-refractivity contribution in [2.45, 2.75) is 6.42 Å². The predicted octanol–water partition coefficient (Wildman–Crippen LogP) is 3.81. The first-order valence-corrected chi connectivity index (χ1v) is 7.03. The van der Waals surface area contributed by atoms with Crippen LogP contribution in [0.5, 0.6) is 0 Å². The van der Waals surface area contributed by atoms with E-state index in [1.807, 2.05) is 24.3 Å². The van der Waals surface area contributed by atoms with Gasteiger partial charge in [-0.2, -0.15) is 4.98 Å². The van der Waals surface area contributed by atoms with Gasteiger partial charge in [0, 0.05) is 11.3 Å². The fourth-order valence-corrected chi connectivity index (χ4v) is 2.27. The number of hydrogen-bond donors (Lipinski definition) is 1. The molecule has 1 heterocycles. The van der Waals surface area contributed by atoms with Gasteiger partial charge in [-0.1, -0.05) is 17.3 Å². The van der Waals surface area contributed by atoms with Crippen LogP contribution in [0.1, 0.15) is 11.5 Å². The highest BCUT2D eigenvalue weighted by molar-refractivity contribution is 9.10. The fourth-order valence-electron chi connectivity index (χ4n) is 1.89. The summed E-state index contributed by atoms with van der Waals surface area (Å²) in [5, 5.41) is 3.92. The highest BCUT2D eigenvalue weighted by atomic mass is 79.9. The highest BCUT2D eigenvalue weighted by Crippen LogP contribution is 2.23. The first-order chi connectivity index (χ1) is 10.1. The maximum absolute atomic E-state index is 13.2. The van der Waals surface area contributed by atoms with Crippen molar-refractivity contribution in [1.29, 1.82) is 0 Å². The van der Waals surface area contributed by atoms with Crippen molar-refractivity contribution in [2.24, 2.45) is 0 Å². The van der Waals surface area contributed by atoms with E-state index in [0.717, 1.165) is 5.56 Å². The quantitative estimate of drug-likeness (QED) is 0.731. The molecule has 0 unspecified atom stereocenters. The molecule has 0 atom stereocenters. The Labute approximate surface area is 128 Å². The number of nitrogens with zero attached hydrogens (tertiary/aromatic N) is 2. The first kappa shape index (κ1) is 13.8. The van der Waals surface area contributed by atoms with Crippen molar-refractivity contribution in [2.75, 3.05) is 5.73 Å². The van der Waals surface area contributed by atoms with Crippen LogP contribution < -0.4 is 5.73 Å². The molecule has 0 aliphatic carbocycles. The number of halogens is 2. The Morgan fingerprint density at radius 1 is 1.14 bits per heavy atom. The Morgan fingerprint density at radius 3 is 2.62 bits per heavy atom. The van der Waals surface area contributed by atoms with Gasteiger partial charge in [0.15, 0.2) is 0 Å². The lowest BCUT2D eigenvalue weighted by molar-refractivity contribution is 0.385. The normalized spacial score (nSPS) is 10.8. The Kier molecular flexibility index (Phi) is 3.70. The zero-order valence-corrected chi connectivity index (χ0v) is 12.5. The summed E-state index contributed by atoms with van der Waals surface area (Å²) in [6.45, 7) is 0. The summed E-state index contributed by atoms with van der Waals surface area (Å²) < 4.78 is 18.8. The summed E-state index contributed by atoms with van der Waals surface area (Å²) in [5.41, 5.74) is 8.07. The van der Waals surface area contributed by atoms with Crippen molar-refractivity contribution in [1.82, 2.24) is 10.1 Å². The number of rotatable bonds is 3. The molecule has 0 aliphatic rings. The van der Waals surface area contributed by atoms with Crippen LogP contribution in [0.4, 0.5) is 10.1 Å². The number of anilines is 1. The molecular formula is C15H11BrFN3O. The summed E-state index contributed by atoms with van der Waals surface area (Å²) in [6, 6.07) is 12.1. The Balaban J connectivity index is 1.82. The van der Waals surface area contributed by atoms with Crippen molar-refractivity contribution in [3.63, 3.8) is 0 Å². The van der Waals surface area contributed by atoms with Crippen LogP contribution in [0.15, 0.2) is 51.5 Å². The van der Waals surface area contributed by atoms with Gasteiger partial charge in [0.1, 0.15) is 5.82 Å². The summed E-state index contributed by atoms with van der Waals surface area (Å²) in [4.78, 5) is 4.32. The van der Waals surface area contributed by atoms with Crippen LogP contribution in [0, 0.1) is 5.82 Å². The average Bonchev–Trinajstić information content (AvgIpc) is 2.93. The summed E-state index contributed by atoms with van der Waals surface area (Å²) in [6.07, 6.45) is 0.523. The Morgan fingerprint density at radius 2 is 1.90 bits per heavy atom. The molecule has 0 saturated carbocycles. The third-order valence-electron chi connectivity index (χ3n) is 2.98. The fraction of sp³-hybridized carbons (Fsp3) is 0.0667. The second kappa shape index (κ2) is 5.65. The van der Waals surface area contributed by atoms with E-state index in [0.29, 0.717) is 33.9 Å². The van der Waals surface area contributed by atoms with Crippen LogP contribution in [0.3, 0.4) is 0 Å². The molecule has 0 fully saturated rings. The minimum absolute atomic E-state index is 0.329. The maximum Gasteiger partial charge on any atom is 0.231 e. The van der Waals surface area contributed by atoms with E-state index in [4.69, 9.17) is 10.3 Å².